The minimum absolute atomic E-state index is 0.356. The standard InChI is InChI=1S/C20H26N2O/c1-15-12-13-21-20(16-8-4-3-5-9-16)19(15)22-14-17-10-6-7-11-18(17)23-2/h3-11,15,19-22H,12-14H2,1-2H3. The van der Waals surface area contributed by atoms with E-state index < -0.39 is 0 Å². The van der Waals surface area contributed by atoms with Crippen LogP contribution in [0.5, 0.6) is 5.75 Å². The van der Waals surface area contributed by atoms with Crippen LogP contribution in [0, 0.1) is 5.92 Å². The average Bonchev–Trinajstić information content (AvgIpc) is 2.61. The van der Waals surface area contributed by atoms with Crippen molar-refractivity contribution < 1.29 is 4.74 Å². The lowest BCUT2D eigenvalue weighted by Crippen LogP contribution is -2.50. The van der Waals surface area contributed by atoms with Crippen LogP contribution in [0.15, 0.2) is 54.6 Å². The minimum atomic E-state index is 0.356. The predicted molar refractivity (Wildman–Crippen MR) is 94.6 cm³/mol. The van der Waals surface area contributed by atoms with E-state index in [9.17, 15) is 0 Å². The normalized spacial score (nSPS) is 24.3. The van der Waals surface area contributed by atoms with Crippen molar-refractivity contribution >= 4 is 0 Å². The number of benzene rings is 2. The first-order valence-corrected chi connectivity index (χ1v) is 8.43. The molecule has 0 spiro atoms. The van der Waals surface area contributed by atoms with Crippen LogP contribution in [0.2, 0.25) is 0 Å². The molecule has 3 rings (SSSR count). The molecule has 23 heavy (non-hydrogen) atoms. The molecule has 2 aromatic rings. The maximum Gasteiger partial charge on any atom is 0.123 e. The maximum atomic E-state index is 5.47. The van der Waals surface area contributed by atoms with Crippen molar-refractivity contribution in [3.63, 3.8) is 0 Å². The van der Waals surface area contributed by atoms with Gasteiger partial charge in [-0.2, -0.15) is 0 Å². The summed E-state index contributed by atoms with van der Waals surface area (Å²) in [6.45, 7) is 4.24. The van der Waals surface area contributed by atoms with Gasteiger partial charge in [-0.1, -0.05) is 55.5 Å². The molecule has 0 aliphatic carbocycles. The smallest absolute Gasteiger partial charge is 0.123 e. The molecule has 3 nitrogen and oxygen atoms in total. The van der Waals surface area contributed by atoms with E-state index in [1.807, 2.05) is 12.1 Å². The van der Waals surface area contributed by atoms with Gasteiger partial charge in [0.25, 0.3) is 0 Å². The summed E-state index contributed by atoms with van der Waals surface area (Å²) in [5.41, 5.74) is 2.57. The highest BCUT2D eigenvalue weighted by atomic mass is 16.5. The van der Waals surface area contributed by atoms with E-state index in [0.29, 0.717) is 18.0 Å². The van der Waals surface area contributed by atoms with Crippen molar-refractivity contribution in [3.8, 4) is 5.75 Å². The first kappa shape index (κ1) is 16.0. The summed E-state index contributed by atoms with van der Waals surface area (Å²) >= 11 is 0. The zero-order valence-electron chi connectivity index (χ0n) is 14.0. The summed E-state index contributed by atoms with van der Waals surface area (Å²) in [6, 6.07) is 19.7. The number of hydrogen-bond donors (Lipinski definition) is 2. The third-order valence-corrected chi connectivity index (χ3v) is 4.82. The molecule has 3 atom stereocenters. The van der Waals surface area contributed by atoms with Crippen molar-refractivity contribution in [2.24, 2.45) is 5.92 Å². The molecular weight excluding hydrogens is 284 g/mol. The van der Waals surface area contributed by atoms with Crippen LogP contribution in [0.4, 0.5) is 0 Å². The van der Waals surface area contributed by atoms with Crippen molar-refractivity contribution in [1.29, 1.82) is 0 Å². The first-order valence-electron chi connectivity index (χ1n) is 8.43. The third kappa shape index (κ3) is 3.74. The summed E-state index contributed by atoms with van der Waals surface area (Å²) in [5.74, 6) is 1.59. The Kier molecular flexibility index (Phi) is 5.31. The van der Waals surface area contributed by atoms with Crippen molar-refractivity contribution in [3.05, 3.63) is 65.7 Å². The summed E-state index contributed by atoms with van der Waals surface area (Å²) < 4.78 is 5.47. The molecule has 0 saturated carbocycles. The Morgan fingerprint density at radius 2 is 1.83 bits per heavy atom. The molecule has 1 heterocycles. The topological polar surface area (TPSA) is 33.3 Å². The molecule has 1 aliphatic rings. The Morgan fingerprint density at radius 3 is 2.61 bits per heavy atom. The number of methoxy groups -OCH3 is 1. The van der Waals surface area contributed by atoms with Crippen LogP contribution in [0.3, 0.4) is 0 Å². The zero-order valence-corrected chi connectivity index (χ0v) is 14.0. The SMILES string of the molecule is COc1ccccc1CNC1C(C)CCNC1c1ccccc1. The monoisotopic (exact) mass is 310 g/mol. The molecule has 0 aromatic heterocycles. The summed E-state index contributed by atoms with van der Waals surface area (Å²) in [5, 5.41) is 7.46. The highest BCUT2D eigenvalue weighted by Gasteiger charge is 2.31. The maximum absolute atomic E-state index is 5.47. The van der Waals surface area contributed by atoms with Gasteiger partial charge in [0.1, 0.15) is 5.75 Å². The second-order valence-corrected chi connectivity index (χ2v) is 6.33. The molecule has 3 heteroatoms. The number of para-hydroxylation sites is 1. The van der Waals surface area contributed by atoms with Gasteiger partial charge in [-0.05, 0) is 30.5 Å². The molecular formula is C20H26N2O. The molecule has 0 amide bonds. The summed E-state index contributed by atoms with van der Waals surface area (Å²) in [4.78, 5) is 0. The Bertz CT molecular complexity index is 614. The van der Waals surface area contributed by atoms with Gasteiger partial charge in [-0.25, -0.2) is 0 Å². The molecule has 3 unspecified atom stereocenters. The van der Waals surface area contributed by atoms with Crippen LogP contribution < -0.4 is 15.4 Å². The molecule has 1 aliphatic heterocycles. The fourth-order valence-electron chi connectivity index (χ4n) is 3.48. The molecule has 1 fully saturated rings. The fourth-order valence-corrected chi connectivity index (χ4v) is 3.48. The van der Waals surface area contributed by atoms with Gasteiger partial charge in [-0.15, -0.1) is 0 Å². The van der Waals surface area contributed by atoms with E-state index in [2.05, 4.69) is 60.0 Å². The van der Waals surface area contributed by atoms with Crippen LogP contribution in [0.1, 0.15) is 30.5 Å². The summed E-state index contributed by atoms with van der Waals surface area (Å²) in [6.07, 6.45) is 1.20. The van der Waals surface area contributed by atoms with Crippen LogP contribution in [-0.2, 0) is 6.54 Å². The quantitative estimate of drug-likeness (QED) is 0.886. The molecule has 0 bridgehead atoms. The second kappa shape index (κ2) is 7.62. The predicted octanol–water partition coefficient (Wildman–Crippen LogP) is 3.52. The largest absolute Gasteiger partial charge is 0.496 e. The molecule has 2 N–H and O–H groups in total. The number of piperidine rings is 1. The number of ether oxygens (including phenoxy) is 1. The van der Waals surface area contributed by atoms with Gasteiger partial charge >= 0.3 is 0 Å². The van der Waals surface area contributed by atoms with E-state index in [4.69, 9.17) is 4.74 Å². The van der Waals surface area contributed by atoms with Crippen LogP contribution >= 0.6 is 0 Å². The van der Waals surface area contributed by atoms with Gasteiger partial charge in [0.2, 0.25) is 0 Å². The Morgan fingerprint density at radius 1 is 1.09 bits per heavy atom. The third-order valence-electron chi connectivity index (χ3n) is 4.82. The molecule has 122 valence electrons. The van der Waals surface area contributed by atoms with Crippen molar-refractivity contribution in [2.75, 3.05) is 13.7 Å². The van der Waals surface area contributed by atoms with E-state index in [1.54, 1.807) is 7.11 Å². The summed E-state index contributed by atoms with van der Waals surface area (Å²) in [7, 11) is 1.73. The number of nitrogens with one attached hydrogen (secondary N) is 2. The Balaban J connectivity index is 1.75. The van der Waals surface area contributed by atoms with E-state index in [0.717, 1.165) is 18.8 Å². The van der Waals surface area contributed by atoms with E-state index in [-0.39, 0.29) is 0 Å². The van der Waals surface area contributed by atoms with E-state index >= 15 is 0 Å². The van der Waals surface area contributed by atoms with Gasteiger partial charge in [0.15, 0.2) is 0 Å². The van der Waals surface area contributed by atoms with Crippen molar-refractivity contribution in [1.82, 2.24) is 10.6 Å². The van der Waals surface area contributed by atoms with Gasteiger partial charge in [0, 0.05) is 24.2 Å². The Labute approximate surface area is 139 Å². The fraction of sp³-hybridized carbons (Fsp3) is 0.400. The van der Waals surface area contributed by atoms with Gasteiger partial charge < -0.3 is 15.4 Å². The first-order chi connectivity index (χ1) is 11.3. The molecule has 2 aromatic carbocycles. The highest BCUT2D eigenvalue weighted by molar-refractivity contribution is 5.33. The lowest BCUT2D eigenvalue weighted by molar-refractivity contribution is 0.229. The van der Waals surface area contributed by atoms with Crippen LogP contribution in [0.25, 0.3) is 0 Å². The van der Waals surface area contributed by atoms with Gasteiger partial charge in [0.05, 0.1) is 7.11 Å². The average molecular weight is 310 g/mol. The zero-order chi connectivity index (χ0) is 16.1. The Hall–Kier alpha value is -1.84. The lowest BCUT2D eigenvalue weighted by atomic mass is 9.84. The lowest BCUT2D eigenvalue weighted by Gasteiger charge is -2.38. The highest BCUT2D eigenvalue weighted by Crippen LogP contribution is 2.28. The number of rotatable bonds is 5. The van der Waals surface area contributed by atoms with E-state index in [1.165, 1.54) is 17.5 Å². The van der Waals surface area contributed by atoms with Crippen LogP contribution in [-0.4, -0.2) is 19.7 Å². The second-order valence-electron chi connectivity index (χ2n) is 6.33. The van der Waals surface area contributed by atoms with Gasteiger partial charge in [-0.3, -0.25) is 0 Å². The van der Waals surface area contributed by atoms with Crippen molar-refractivity contribution in [2.45, 2.75) is 32.0 Å². The molecule has 1 saturated heterocycles. The number of hydrogen-bond acceptors (Lipinski definition) is 3. The minimum Gasteiger partial charge on any atom is -0.496 e. The molecule has 0 radical (unpaired) electrons.